The van der Waals surface area contributed by atoms with Crippen LogP contribution in [0.25, 0.3) is 0 Å². The van der Waals surface area contributed by atoms with Crippen LogP contribution in [-0.2, 0) is 4.79 Å². The second-order valence-electron chi connectivity index (χ2n) is 5.72. The summed E-state index contributed by atoms with van der Waals surface area (Å²) < 4.78 is 0. The molecule has 2 fully saturated rings. The minimum Gasteiger partial charge on any atom is -0.325 e. The molecule has 0 aliphatic heterocycles. The molecule has 2 bridgehead atoms. The highest BCUT2D eigenvalue weighted by molar-refractivity contribution is 6.30. The van der Waals surface area contributed by atoms with Gasteiger partial charge in [-0.05, 0) is 55.4 Å². The zero-order chi connectivity index (χ0) is 13.2. The van der Waals surface area contributed by atoms with E-state index in [4.69, 9.17) is 11.6 Å². The molecule has 2 N–H and O–H groups in total. The van der Waals surface area contributed by atoms with Crippen LogP contribution in [0.4, 0.5) is 5.69 Å². The topological polar surface area (TPSA) is 41.1 Å². The van der Waals surface area contributed by atoms with Gasteiger partial charge in [0, 0.05) is 16.8 Å². The second kappa shape index (κ2) is 5.51. The molecule has 0 spiro atoms. The SMILES string of the molecule is O=C(CNC1CC2CCC1C2)Nc1ccc(Cl)cc1. The van der Waals surface area contributed by atoms with Gasteiger partial charge in [0.2, 0.25) is 5.91 Å². The number of amides is 1. The van der Waals surface area contributed by atoms with Crippen molar-refractivity contribution in [2.75, 3.05) is 11.9 Å². The Hall–Kier alpha value is -1.06. The summed E-state index contributed by atoms with van der Waals surface area (Å²) in [6.45, 7) is 0.399. The number of fused-ring (bicyclic) bond motifs is 2. The molecule has 0 saturated heterocycles. The average Bonchev–Trinajstić information content (AvgIpc) is 3.01. The van der Waals surface area contributed by atoms with Crippen molar-refractivity contribution in [1.29, 1.82) is 0 Å². The lowest BCUT2D eigenvalue weighted by atomic mass is 9.95. The van der Waals surface area contributed by atoms with Crippen molar-refractivity contribution in [2.24, 2.45) is 11.8 Å². The lowest BCUT2D eigenvalue weighted by molar-refractivity contribution is -0.115. The number of hydrogen-bond acceptors (Lipinski definition) is 2. The van der Waals surface area contributed by atoms with Gasteiger partial charge in [-0.3, -0.25) is 4.79 Å². The highest BCUT2D eigenvalue weighted by Gasteiger charge is 2.39. The Labute approximate surface area is 118 Å². The van der Waals surface area contributed by atoms with E-state index in [0.29, 0.717) is 17.6 Å². The largest absolute Gasteiger partial charge is 0.325 e. The maximum Gasteiger partial charge on any atom is 0.238 e. The molecule has 3 nitrogen and oxygen atoms in total. The van der Waals surface area contributed by atoms with E-state index in [1.54, 1.807) is 12.1 Å². The number of benzene rings is 1. The molecule has 0 aromatic heterocycles. The van der Waals surface area contributed by atoms with Crippen LogP contribution in [0.15, 0.2) is 24.3 Å². The van der Waals surface area contributed by atoms with Crippen LogP contribution in [0.2, 0.25) is 5.02 Å². The van der Waals surface area contributed by atoms with Gasteiger partial charge in [-0.1, -0.05) is 18.0 Å². The van der Waals surface area contributed by atoms with Crippen LogP contribution < -0.4 is 10.6 Å². The van der Waals surface area contributed by atoms with E-state index in [0.717, 1.165) is 17.5 Å². The Bertz CT molecular complexity index is 460. The fraction of sp³-hybridized carbons (Fsp3) is 0.533. The third-order valence-corrected chi connectivity index (χ3v) is 4.64. The van der Waals surface area contributed by atoms with E-state index in [1.165, 1.54) is 25.7 Å². The minimum absolute atomic E-state index is 0.0186. The molecular formula is C15H19ClN2O. The first-order chi connectivity index (χ1) is 9.20. The summed E-state index contributed by atoms with van der Waals surface area (Å²) in [6.07, 6.45) is 5.33. The smallest absolute Gasteiger partial charge is 0.238 e. The van der Waals surface area contributed by atoms with E-state index in [9.17, 15) is 4.79 Å². The maximum atomic E-state index is 11.9. The van der Waals surface area contributed by atoms with Crippen molar-refractivity contribution >= 4 is 23.2 Å². The highest BCUT2D eigenvalue weighted by atomic mass is 35.5. The predicted octanol–water partition coefficient (Wildman–Crippen LogP) is 3.06. The molecule has 0 radical (unpaired) electrons. The number of halogens is 1. The van der Waals surface area contributed by atoms with Gasteiger partial charge in [0.15, 0.2) is 0 Å². The Balaban J connectivity index is 1.45. The van der Waals surface area contributed by atoms with Crippen LogP contribution in [0, 0.1) is 11.8 Å². The van der Waals surface area contributed by atoms with E-state index in [2.05, 4.69) is 10.6 Å². The summed E-state index contributed by atoms with van der Waals surface area (Å²) in [7, 11) is 0. The van der Waals surface area contributed by atoms with Crippen LogP contribution in [-0.4, -0.2) is 18.5 Å². The minimum atomic E-state index is 0.0186. The van der Waals surface area contributed by atoms with Crippen molar-refractivity contribution in [2.45, 2.75) is 31.7 Å². The van der Waals surface area contributed by atoms with Gasteiger partial charge >= 0.3 is 0 Å². The first-order valence-electron chi connectivity index (χ1n) is 6.99. The number of carbonyl (C=O) groups excluding carboxylic acids is 1. The van der Waals surface area contributed by atoms with Gasteiger partial charge in [0.05, 0.1) is 6.54 Å². The van der Waals surface area contributed by atoms with Crippen LogP contribution in [0.3, 0.4) is 0 Å². The molecule has 0 heterocycles. The highest BCUT2D eigenvalue weighted by Crippen LogP contribution is 2.44. The summed E-state index contributed by atoms with van der Waals surface area (Å²) in [5.74, 6) is 1.72. The molecule has 102 valence electrons. The number of anilines is 1. The van der Waals surface area contributed by atoms with Gasteiger partial charge < -0.3 is 10.6 Å². The number of rotatable bonds is 4. The van der Waals surface area contributed by atoms with Crippen molar-refractivity contribution in [3.05, 3.63) is 29.3 Å². The third-order valence-electron chi connectivity index (χ3n) is 4.39. The lowest BCUT2D eigenvalue weighted by Gasteiger charge is -2.22. The Morgan fingerprint density at radius 1 is 1.21 bits per heavy atom. The molecule has 3 rings (SSSR count). The summed E-state index contributed by atoms with van der Waals surface area (Å²) in [6, 6.07) is 7.74. The molecule has 19 heavy (non-hydrogen) atoms. The maximum absolute atomic E-state index is 11.9. The first kappa shape index (κ1) is 12.9. The fourth-order valence-corrected chi connectivity index (χ4v) is 3.58. The molecule has 1 aromatic rings. The van der Waals surface area contributed by atoms with Crippen molar-refractivity contribution < 1.29 is 4.79 Å². The predicted molar refractivity (Wildman–Crippen MR) is 77.3 cm³/mol. The molecule has 3 atom stereocenters. The Morgan fingerprint density at radius 2 is 2.00 bits per heavy atom. The van der Waals surface area contributed by atoms with E-state index in [-0.39, 0.29) is 5.91 Å². The third kappa shape index (κ3) is 3.10. The second-order valence-corrected chi connectivity index (χ2v) is 6.15. The number of carbonyl (C=O) groups is 1. The van der Waals surface area contributed by atoms with Crippen LogP contribution >= 0.6 is 11.6 Å². The molecular weight excluding hydrogens is 260 g/mol. The average molecular weight is 279 g/mol. The van der Waals surface area contributed by atoms with Crippen molar-refractivity contribution in [3.8, 4) is 0 Å². The van der Waals surface area contributed by atoms with Crippen molar-refractivity contribution in [3.63, 3.8) is 0 Å². The summed E-state index contributed by atoms with van der Waals surface area (Å²) in [5, 5.41) is 6.96. The normalized spacial score (nSPS) is 28.6. The summed E-state index contributed by atoms with van der Waals surface area (Å²) in [5.41, 5.74) is 0.796. The lowest BCUT2D eigenvalue weighted by Crippen LogP contribution is -2.39. The van der Waals surface area contributed by atoms with E-state index >= 15 is 0 Å². The summed E-state index contributed by atoms with van der Waals surface area (Å²) in [4.78, 5) is 11.9. The molecule has 1 amide bonds. The van der Waals surface area contributed by atoms with Gasteiger partial charge in [-0.2, -0.15) is 0 Å². The Morgan fingerprint density at radius 3 is 2.63 bits per heavy atom. The monoisotopic (exact) mass is 278 g/mol. The van der Waals surface area contributed by atoms with Gasteiger partial charge in [-0.15, -0.1) is 0 Å². The fourth-order valence-electron chi connectivity index (χ4n) is 3.46. The van der Waals surface area contributed by atoms with E-state index in [1.807, 2.05) is 12.1 Å². The quantitative estimate of drug-likeness (QED) is 0.889. The molecule has 3 unspecified atom stereocenters. The molecule has 1 aromatic carbocycles. The zero-order valence-corrected chi connectivity index (χ0v) is 11.6. The van der Waals surface area contributed by atoms with Crippen LogP contribution in [0.1, 0.15) is 25.7 Å². The van der Waals surface area contributed by atoms with Gasteiger partial charge in [0.25, 0.3) is 0 Å². The van der Waals surface area contributed by atoms with Crippen LogP contribution in [0.5, 0.6) is 0 Å². The summed E-state index contributed by atoms with van der Waals surface area (Å²) >= 11 is 5.81. The van der Waals surface area contributed by atoms with Gasteiger partial charge in [-0.25, -0.2) is 0 Å². The zero-order valence-electron chi connectivity index (χ0n) is 10.9. The Kier molecular flexibility index (Phi) is 3.76. The number of hydrogen-bond donors (Lipinski definition) is 2. The number of nitrogens with one attached hydrogen (secondary N) is 2. The molecule has 2 saturated carbocycles. The van der Waals surface area contributed by atoms with Gasteiger partial charge in [0.1, 0.15) is 0 Å². The first-order valence-corrected chi connectivity index (χ1v) is 7.37. The molecule has 4 heteroatoms. The van der Waals surface area contributed by atoms with Crippen molar-refractivity contribution in [1.82, 2.24) is 5.32 Å². The molecule has 2 aliphatic carbocycles. The molecule has 2 aliphatic rings. The van der Waals surface area contributed by atoms with E-state index < -0.39 is 0 Å². The standard InChI is InChI=1S/C15H19ClN2O/c16-12-3-5-13(6-4-12)18-15(19)9-17-14-8-10-1-2-11(14)7-10/h3-6,10-11,14,17H,1-2,7-9H2,(H,18,19).